The fourth-order valence-electron chi connectivity index (χ4n) is 6.92. The lowest BCUT2D eigenvalue weighted by molar-refractivity contribution is -0.142. The highest BCUT2D eigenvalue weighted by molar-refractivity contribution is 7.80. The SMILES string of the molecule is CC(C)(C(=O)O)c1ccc([C@@H](O)CCCN2CCC(C(O)(c3ccccc3)c3ccccc3)CC2)cc1.CCCCCCCCCCOS(=O)(=O)O. The molecule has 4 rings (SSSR count). The van der Waals surface area contributed by atoms with E-state index in [9.17, 15) is 28.5 Å². The number of nitrogens with zero attached hydrogens (tertiary/aromatic N) is 1. The Morgan fingerprint density at radius 2 is 1.29 bits per heavy atom. The summed E-state index contributed by atoms with van der Waals surface area (Å²) < 4.78 is 32.8. The second kappa shape index (κ2) is 21.5. The summed E-state index contributed by atoms with van der Waals surface area (Å²) in [5.41, 5.74) is 1.47. The topological polar surface area (TPSA) is 145 Å². The van der Waals surface area contributed by atoms with Crippen LogP contribution in [0.15, 0.2) is 84.9 Å². The summed E-state index contributed by atoms with van der Waals surface area (Å²) in [6, 6.07) is 27.3. The predicted molar refractivity (Wildman–Crippen MR) is 206 cm³/mol. The first kappa shape index (κ1) is 43.3. The van der Waals surface area contributed by atoms with E-state index in [2.05, 4.69) is 16.0 Å². The van der Waals surface area contributed by atoms with Gasteiger partial charge in [-0.1, -0.05) is 137 Å². The molecule has 0 spiro atoms. The van der Waals surface area contributed by atoms with Gasteiger partial charge < -0.3 is 20.2 Å². The summed E-state index contributed by atoms with van der Waals surface area (Å²) >= 11 is 0. The summed E-state index contributed by atoms with van der Waals surface area (Å²) in [4.78, 5) is 13.9. The molecule has 3 aromatic carbocycles. The summed E-state index contributed by atoms with van der Waals surface area (Å²) in [6.07, 6.45) is 11.8. The number of aliphatic carboxylic acids is 1. The highest BCUT2D eigenvalue weighted by atomic mass is 32.3. The Bertz CT molecular complexity index is 1500. The van der Waals surface area contributed by atoms with Gasteiger partial charge in [0.15, 0.2) is 0 Å². The molecule has 4 N–H and O–H groups in total. The molecule has 288 valence electrons. The van der Waals surface area contributed by atoms with Crippen LogP contribution in [0.2, 0.25) is 0 Å². The maximum atomic E-state index is 12.1. The maximum absolute atomic E-state index is 12.1. The van der Waals surface area contributed by atoms with Gasteiger partial charge in [-0.05, 0) is 93.8 Å². The highest BCUT2D eigenvalue weighted by Gasteiger charge is 2.41. The van der Waals surface area contributed by atoms with Crippen LogP contribution in [0, 0.1) is 5.92 Å². The van der Waals surface area contributed by atoms with Crippen molar-refractivity contribution in [2.45, 2.75) is 115 Å². The molecule has 0 aromatic heterocycles. The molecule has 1 fully saturated rings. The van der Waals surface area contributed by atoms with Crippen LogP contribution in [0.4, 0.5) is 0 Å². The Labute approximate surface area is 312 Å². The zero-order valence-electron chi connectivity index (χ0n) is 31.3. The third kappa shape index (κ3) is 13.7. The number of aliphatic hydroxyl groups excluding tert-OH is 1. The smallest absolute Gasteiger partial charge is 0.397 e. The molecular formula is C42H61NO8S. The maximum Gasteiger partial charge on any atom is 0.397 e. The van der Waals surface area contributed by atoms with E-state index in [1.165, 1.54) is 32.1 Å². The van der Waals surface area contributed by atoms with Crippen LogP contribution in [0.25, 0.3) is 0 Å². The molecule has 52 heavy (non-hydrogen) atoms. The van der Waals surface area contributed by atoms with Crippen molar-refractivity contribution in [1.29, 1.82) is 0 Å². The summed E-state index contributed by atoms with van der Waals surface area (Å²) in [7, 11) is -4.23. The fraction of sp³-hybridized carbons (Fsp3) is 0.548. The molecule has 0 bridgehead atoms. The zero-order valence-corrected chi connectivity index (χ0v) is 32.1. The first-order chi connectivity index (χ1) is 24.8. The number of likely N-dealkylation sites (tertiary alicyclic amines) is 1. The molecule has 0 radical (unpaired) electrons. The Balaban J connectivity index is 0.000000411. The number of rotatable bonds is 20. The van der Waals surface area contributed by atoms with Crippen LogP contribution < -0.4 is 0 Å². The molecule has 1 saturated heterocycles. The summed E-state index contributed by atoms with van der Waals surface area (Å²) in [5, 5.41) is 32.2. The second-order valence-electron chi connectivity index (χ2n) is 14.5. The van der Waals surface area contributed by atoms with Gasteiger partial charge in [-0.2, -0.15) is 8.42 Å². The van der Waals surface area contributed by atoms with E-state index in [0.717, 1.165) is 74.0 Å². The van der Waals surface area contributed by atoms with E-state index in [-0.39, 0.29) is 12.5 Å². The monoisotopic (exact) mass is 739 g/mol. The van der Waals surface area contributed by atoms with Crippen molar-refractivity contribution in [3.63, 3.8) is 0 Å². The van der Waals surface area contributed by atoms with Gasteiger partial charge in [0.25, 0.3) is 0 Å². The van der Waals surface area contributed by atoms with Crippen molar-refractivity contribution in [2.75, 3.05) is 26.2 Å². The lowest BCUT2D eigenvalue weighted by atomic mass is 9.72. The number of hydrogen-bond donors (Lipinski definition) is 4. The molecule has 10 heteroatoms. The van der Waals surface area contributed by atoms with Gasteiger partial charge in [-0.15, -0.1) is 0 Å². The first-order valence-electron chi connectivity index (χ1n) is 19.0. The Kier molecular flexibility index (Phi) is 17.9. The molecule has 1 heterocycles. The normalized spacial score (nSPS) is 15.1. The number of piperidine rings is 1. The van der Waals surface area contributed by atoms with Gasteiger partial charge >= 0.3 is 16.4 Å². The van der Waals surface area contributed by atoms with E-state index in [1.807, 2.05) is 72.8 Å². The number of benzene rings is 3. The molecule has 1 aliphatic rings. The number of unbranched alkanes of at least 4 members (excludes halogenated alkanes) is 7. The van der Waals surface area contributed by atoms with Crippen molar-refractivity contribution in [1.82, 2.24) is 4.90 Å². The standard InChI is InChI=1S/C32H39NO4.C10H22O4S/c1-31(2,30(35)36)25-17-15-24(16-18-25)29(34)14-9-21-33-22-19-28(20-23-33)32(37,26-10-5-3-6-11-26)27-12-7-4-8-13-27;1-2-3-4-5-6-7-8-9-10-14-15(11,12)13/h3-8,10-13,15-18,28-29,34,37H,9,14,19-23H2,1-2H3,(H,35,36);2-10H2,1H3,(H,11,12,13)/t29-;/m0./s1. The average molecular weight is 740 g/mol. The lowest BCUT2D eigenvalue weighted by Crippen LogP contribution is -2.44. The van der Waals surface area contributed by atoms with Gasteiger partial charge in [0.05, 0.1) is 18.1 Å². The molecule has 0 aliphatic carbocycles. The third-order valence-corrected chi connectivity index (χ3v) is 10.8. The molecule has 0 saturated carbocycles. The van der Waals surface area contributed by atoms with Crippen LogP contribution in [-0.4, -0.2) is 65.4 Å². The van der Waals surface area contributed by atoms with Crippen LogP contribution in [-0.2, 0) is 30.4 Å². The summed E-state index contributed by atoms with van der Waals surface area (Å²) in [6.45, 7) is 8.39. The molecule has 0 amide bonds. The van der Waals surface area contributed by atoms with Gasteiger partial charge in [-0.3, -0.25) is 9.35 Å². The third-order valence-electron chi connectivity index (χ3n) is 10.3. The Morgan fingerprint density at radius 3 is 1.77 bits per heavy atom. The largest absolute Gasteiger partial charge is 0.481 e. The molecule has 0 unspecified atom stereocenters. The number of carboxylic acids is 1. The molecular weight excluding hydrogens is 679 g/mol. The molecule has 1 atom stereocenters. The zero-order chi connectivity index (χ0) is 38.0. The minimum absolute atomic E-state index is 0.0911. The van der Waals surface area contributed by atoms with Crippen molar-refractivity contribution in [3.05, 3.63) is 107 Å². The van der Waals surface area contributed by atoms with Crippen LogP contribution in [0.5, 0.6) is 0 Å². The minimum atomic E-state index is -4.23. The average Bonchev–Trinajstić information content (AvgIpc) is 3.14. The van der Waals surface area contributed by atoms with E-state index < -0.39 is 33.5 Å². The quantitative estimate of drug-likeness (QED) is 0.0663. The van der Waals surface area contributed by atoms with Crippen molar-refractivity contribution >= 4 is 16.4 Å². The van der Waals surface area contributed by atoms with E-state index in [0.29, 0.717) is 12.8 Å². The van der Waals surface area contributed by atoms with E-state index in [4.69, 9.17) is 4.55 Å². The molecule has 3 aromatic rings. The number of carbonyl (C=O) groups is 1. The second-order valence-corrected chi connectivity index (χ2v) is 15.6. The van der Waals surface area contributed by atoms with Crippen molar-refractivity contribution in [2.24, 2.45) is 5.92 Å². The van der Waals surface area contributed by atoms with Crippen LogP contribution in [0.1, 0.15) is 126 Å². The summed E-state index contributed by atoms with van der Waals surface area (Å²) in [5.74, 6) is -0.733. The highest BCUT2D eigenvalue weighted by Crippen LogP contribution is 2.42. The van der Waals surface area contributed by atoms with Gasteiger partial charge in [0, 0.05) is 0 Å². The van der Waals surface area contributed by atoms with Gasteiger partial charge in [0.1, 0.15) is 5.60 Å². The Hall–Kier alpha value is -3.12. The number of carboxylic acid groups (broad SMARTS) is 1. The van der Waals surface area contributed by atoms with Gasteiger partial charge in [0.2, 0.25) is 0 Å². The van der Waals surface area contributed by atoms with Crippen LogP contribution >= 0.6 is 0 Å². The fourth-order valence-corrected chi connectivity index (χ4v) is 7.25. The first-order valence-corrected chi connectivity index (χ1v) is 20.3. The molecule has 9 nitrogen and oxygen atoms in total. The number of aliphatic hydroxyl groups is 2. The predicted octanol–water partition coefficient (Wildman–Crippen LogP) is 8.46. The molecule has 1 aliphatic heterocycles. The van der Waals surface area contributed by atoms with Crippen LogP contribution in [0.3, 0.4) is 0 Å². The van der Waals surface area contributed by atoms with E-state index in [1.54, 1.807) is 26.0 Å². The van der Waals surface area contributed by atoms with Crippen molar-refractivity contribution in [3.8, 4) is 0 Å². The number of hydrogen-bond acceptors (Lipinski definition) is 7. The van der Waals surface area contributed by atoms with E-state index >= 15 is 0 Å². The Morgan fingerprint density at radius 1 is 0.788 bits per heavy atom. The van der Waals surface area contributed by atoms with Gasteiger partial charge in [-0.25, -0.2) is 4.18 Å². The lowest BCUT2D eigenvalue weighted by Gasteiger charge is -2.42. The van der Waals surface area contributed by atoms with Crippen molar-refractivity contribution < 1.29 is 37.3 Å². The minimum Gasteiger partial charge on any atom is -0.481 e.